The van der Waals surface area contributed by atoms with Crippen LogP contribution in [0.1, 0.15) is 37.4 Å². The number of hydrogen-bond acceptors (Lipinski definition) is 7. The summed E-state index contributed by atoms with van der Waals surface area (Å²) in [6, 6.07) is 16.2. The van der Waals surface area contributed by atoms with Gasteiger partial charge in [-0.15, -0.1) is 0 Å². The van der Waals surface area contributed by atoms with Crippen LogP contribution in [0.15, 0.2) is 54.6 Å². The number of aromatic carboxylic acids is 1. The summed E-state index contributed by atoms with van der Waals surface area (Å²) in [5, 5.41) is 15.8. The van der Waals surface area contributed by atoms with E-state index in [0.717, 1.165) is 34.6 Å². The Bertz CT molecular complexity index is 1300. The molecular formula is C25H24N4O4S. The van der Waals surface area contributed by atoms with Crippen molar-refractivity contribution in [3.05, 3.63) is 82.4 Å². The van der Waals surface area contributed by atoms with Crippen molar-refractivity contribution in [3.63, 3.8) is 0 Å². The molecule has 3 aromatic carbocycles. The van der Waals surface area contributed by atoms with Crippen molar-refractivity contribution in [1.82, 2.24) is 4.31 Å². The van der Waals surface area contributed by atoms with Crippen LogP contribution in [-0.2, 0) is 5.54 Å². The first kappa shape index (κ1) is 22.1. The molecule has 3 N–H and O–H groups in total. The van der Waals surface area contributed by atoms with Gasteiger partial charge in [-0.1, -0.05) is 12.1 Å². The van der Waals surface area contributed by atoms with Gasteiger partial charge in [0.15, 0.2) is 0 Å². The average molecular weight is 477 g/mol. The number of amides is 1. The summed E-state index contributed by atoms with van der Waals surface area (Å²) < 4.78 is 7.93. The molecule has 0 aliphatic carbocycles. The van der Waals surface area contributed by atoms with E-state index in [-0.39, 0.29) is 11.5 Å². The molecule has 0 fully saturated rings. The normalized spacial score (nSPS) is 14.9. The van der Waals surface area contributed by atoms with Crippen LogP contribution in [0.2, 0.25) is 0 Å². The number of benzene rings is 3. The number of carboxylic acids is 1. The smallest absolute Gasteiger partial charge is 0.335 e. The van der Waals surface area contributed by atoms with Gasteiger partial charge in [-0.2, -0.15) is 0 Å². The monoisotopic (exact) mass is 476 g/mol. The second-order valence-electron chi connectivity index (χ2n) is 8.73. The SMILES string of the molecule is CN(C)c1ccc2c(c1)Oc1cc(N(C)C)ccc1C21c2cc(C(=O)O)ccc2C(=O)N1SN. The van der Waals surface area contributed by atoms with Crippen molar-refractivity contribution >= 4 is 35.4 Å². The molecule has 0 atom stereocenters. The van der Waals surface area contributed by atoms with Gasteiger partial charge in [-0.05, 0) is 30.3 Å². The molecule has 1 amide bonds. The molecule has 2 aliphatic heterocycles. The number of carbonyl (C=O) groups excluding carboxylic acids is 1. The molecule has 8 nitrogen and oxygen atoms in total. The third-order valence-corrected chi connectivity index (χ3v) is 7.09. The van der Waals surface area contributed by atoms with E-state index in [1.807, 2.05) is 74.4 Å². The topological polar surface area (TPSA) is 99.3 Å². The van der Waals surface area contributed by atoms with Crippen LogP contribution in [0.3, 0.4) is 0 Å². The predicted octanol–water partition coefficient (Wildman–Crippen LogP) is 3.89. The molecule has 0 saturated heterocycles. The summed E-state index contributed by atoms with van der Waals surface area (Å²) in [5.74, 6) is -0.195. The number of anilines is 2. The molecule has 34 heavy (non-hydrogen) atoms. The van der Waals surface area contributed by atoms with Gasteiger partial charge < -0.3 is 19.6 Å². The Balaban J connectivity index is 1.91. The maximum Gasteiger partial charge on any atom is 0.335 e. The second kappa shape index (κ2) is 7.68. The number of carbonyl (C=O) groups is 2. The van der Waals surface area contributed by atoms with Crippen LogP contribution in [0.4, 0.5) is 11.4 Å². The Kier molecular flexibility index (Phi) is 5.00. The third kappa shape index (κ3) is 2.90. The molecule has 0 aromatic heterocycles. The molecule has 0 unspecified atom stereocenters. The van der Waals surface area contributed by atoms with Crippen molar-refractivity contribution in [2.24, 2.45) is 5.14 Å². The van der Waals surface area contributed by atoms with E-state index in [9.17, 15) is 14.7 Å². The zero-order valence-corrected chi connectivity index (χ0v) is 20.0. The highest BCUT2D eigenvalue weighted by atomic mass is 32.2. The highest BCUT2D eigenvalue weighted by Gasteiger charge is 2.57. The lowest BCUT2D eigenvalue weighted by atomic mass is 9.75. The summed E-state index contributed by atoms with van der Waals surface area (Å²) in [7, 11) is 7.75. The van der Waals surface area contributed by atoms with Crippen molar-refractivity contribution in [3.8, 4) is 11.5 Å². The second-order valence-corrected chi connectivity index (χ2v) is 9.31. The van der Waals surface area contributed by atoms with Crippen LogP contribution in [-0.4, -0.2) is 49.5 Å². The number of rotatable bonds is 4. The fourth-order valence-electron chi connectivity index (χ4n) is 4.78. The zero-order chi connectivity index (χ0) is 24.4. The minimum absolute atomic E-state index is 0.0965. The highest BCUT2D eigenvalue weighted by Crippen LogP contribution is 2.59. The summed E-state index contributed by atoms with van der Waals surface area (Å²) in [6.07, 6.45) is 0. The Labute approximate surface area is 201 Å². The number of hydrogen-bond donors (Lipinski definition) is 2. The molecule has 174 valence electrons. The Hall–Kier alpha value is -3.69. The first-order valence-corrected chi connectivity index (χ1v) is 11.4. The summed E-state index contributed by atoms with van der Waals surface area (Å²) in [6.45, 7) is 0. The van der Waals surface area contributed by atoms with Gasteiger partial charge in [-0.25, -0.2) is 9.10 Å². The molecule has 3 aromatic rings. The summed E-state index contributed by atoms with van der Waals surface area (Å²) >= 11 is 0.825. The molecule has 5 rings (SSSR count). The number of nitrogens with zero attached hydrogens (tertiary/aromatic N) is 3. The van der Waals surface area contributed by atoms with E-state index in [1.54, 1.807) is 12.1 Å². The van der Waals surface area contributed by atoms with E-state index in [1.165, 1.54) is 10.4 Å². The molecule has 2 heterocycles. The molecular weight excluding hydrogens is 452 g/mol. The Morgan fingerprint density at radius 1 is 0.912 bits per heavy atom. The molecule has 1 spiro atoms. The number of nitrogens with two attached hydrogens (primary N) is 1. The molecule has 2 aliphatic rings. The average Bonchev–Trinajstić information content (AvgIpc) is 3.06. The lowest BCUT2D eigenvalue weighted by molar-refractivity contribution is 0.0696. The Morgan fingerprint density at radius 2 is 1.47 bits per heavy atom. The number of ether oxygens (including phenoxy) is 1. The lowest BCUT2D eigenvalue weighted by Crippen LogP contribution is -2.44. The van der Waals surface area contributed by atoms with E-state index < -0.39 is 11.5 Å². The third-order valence-electron chi connectivity index (χ3n) is 6.44. The van der Waals surface area contributed by atoms with Gasteiger partial charge in [0, 0.05) is 86.1 Å². The summed E-state index contributed by atoms with van der Waals surface area (Å²) in [4.78, 5) is 29.4. The Morgan fingerprint density at radius 3 is 1.94 bits per heavy atom. The van der Waals surface area contributed by atoms with Crippen molar-refractivity contribution in [2.45, 2.75) is 5.54 Å². The maximum absolute atomic E-state index is 13.6. The van der Waals surface area contributed by atoms with Crippen LogP contribution < -0.4 is 19.7 Å². The van der Waals surface area contributed by atoms with E-state index in [4.69, 9.17) is 9.88 Å². The van der Waals surface area contributed by atoms with Crippen LogP contribution in [0.25, 0.3) is 0 Å². The zero-order valence-electron chi connectivity index (χ0n) is 19.2. The highest BCUT2D eigenvalue weighted by molar-refractivity contribution is 7.95. The maximum atomic E-state index is 13.6. The fraction of sp³-hybridized carbons (Fsp3) is 0.200. The van der Waals surface area contributed by atoms with Gasteiger partial charge in [-0.3, -0.25) is 9.93 Å². The largest absolute Gasteiger partial charge is 0.478 e. The van der Waals surface area contributed by atoms with Gasteiger partial charge in [0.05, 0.1) is 5.56 Å². The van der Waals surface area contributed by atoms with E-state index in [2.05, 4.69) is 0 Å². The quantitative estimate of drug-likeness (QED) is 0.547. The number of carboxylic acid groups (broad SMARTS) is 1. The molecule has 0 bridgehead atoms. The van der Waals surface area contributed by atoms with Crippen molar-refractivity contribution in [1.29, 1.82) is 0 Å². The van der Waals surface area contributed by atoms with Gasteiger partial charge in [0.25, 0.3) is 5.91 Å². The predicted molar refractivity (Wildman–Crippen MR) is 133 cm³/mol. The van der Waals surface area contributed by atoms with Gasteiger partial charge in [0.1, 0.15) is 17.0 Å². The van der Waals surface area contributed by atoms with Gasteiger partial charge >= 0.3 is 5.97 Å². The van der Waals surface area contributed by atoms with Crippen molar-refractivity contribution in [2.75, 3.05) is 38.0 Å². The van der Waals surface area contributed by atoms with Gasteiger partial charge in [0.2, 0.25) is 0 Å². The molecule has 9 heteroatoms. The first-order chi connectivity index (χ1) is 16.2. The minimum Gasteiger partial charge on any atom is -0.478 e. The lowest BCUT2D eigenvalue weighted by Gasteiger charge is -2.43. The van der Waals surface area contributed by atoms with Crippen LogP contribution in [0.5, 0.6) is 11.5 Å². The number of fused-ring (bicyclic) bond motifs is 6. The summed E-state index contributed by atoms with van der Waals surface area (Å²) in [5.41, 5.74) is 3.21. The minimum atomic E-state index is -1.16. The van der Waals surface area contributed by atoms with Crippen molar-refractivity contribution < 1.29 is 19.4 Å². The molecule has 0 radical (unpaired) electrons. The molecule has 0 saturated carbocycles. The standard InChI is InChI=1S/C25H24N4O4S/c1-27(2)15-6-9-18-21(12-15)33-22-13-16(28(3)4)7-10-19(22)25(18)20-11-14(24(31)32)5-8-17(20)23(30)29(25)34-26/h5-13H,26H2,1-4H3,(H,31,32). The van der Waals surface area contributed by atoms with Crippen LogP contribution >= 0.6 is 12.1 Å². The van der Waals surface area contributed by atoms with Crippen LogP contribution in [0, 0.1) is 0 Å². The van der Waals surface area contributed by atoms with E-state index >= 15 is 0 Å². The van der Waals surface area contributed by atoms with E-state index in [0.29, 0.717) is 22.6 Å². The fourth-order valence-corrected chi connectivity index (χ4v) is 5.43. The first-order valence-electron chi connectivity index (χ1n) is 10.6.